The predicted molar refractivity (Wildman–Crippen MR) is 210 cm³/mol. The van der Waals surface area contributed by atoms with Crippen LogP contribution in [0.1, 0.15) is 0 Å². The van der Waals surface area contributed by atoms with Gasteiger partial charge in [-0.2, -0.15) is 45.7 Å². The molecular weight excluding hydrogens is 885 g/mol. The molecule has 0 aliphatic heterocycles. The van der Waals surface area contributed by atoms with Gasteiger partial charge in [0.05, 0.1) is 49.7 Å². The number of carbonyl (C=O) groups is 1. The Morgan fingerprint density at radius 2 is 1.43 bits per heavy atom. The van der Waals surface area contributed by atoms with Crippen LogP contribution >= 0.6 is 0 Å². The number of hydrogen-bond donors (Lipinski definition) is 6. The van der Waals surface area contributed by atoms with Crippen molar-refractivity contribution in [2.45, 2.75) is 14.7 Å². The van der Waals surface area contributed by atoms with Gasteiger partial charge in [0, 0.05) is 23.6 Å². The third-order valence-corrected chi connectivity index (χ3v) is 11.1. The van der Waals surface area contributed by atoms with Gasteiger partial charge < -0.3 is 21.4 Å². The Morgan fingerprint density at radius 3 is 2.00 bits per heavy atom. The summed E-state index contributed by atoms with van der Waals surface area (Å²) in [5, 5.41) is 50.9. The largest absolute Gasteiger partial charge is 1.00 e. The Hall–Kier alpha value is -5.29. The smallest absolute Gasteiger partial charge is 0.871 e. The number of nitrogens with two attached hydrogens (primary N) is 1. The molecule has 2 aliphatic carbocycles. The van der Waals surface area contributed by atoms with Gasteiger partial charge >= 0.3 is 69.6 Å². The van der Waals surface area contributed by atoms with E-state index >= 15 is 0 Å². The van der Waals surface area contributed by atoms with E-state index in [4.69, 9.17) is 5.73 Å². The number of nitrogen functional groups attached to an aromatic ring is 1. The standard InChI is InChI=1S/C34H25N9O13S3.2Na/c35-31-30-18(15-28(58(51,52)53)32(31)40-37-20-5-9-23(10-6-20)43(47)48)16-29(59(54,55)56)33(34(30)46)41-38-21-7-12-25(13-8-21)57(49,50)42-22-3-1-19(2-4-22)36-39-26-14-11-24(44)17-27(26)45;;/h1-17H,(H8-,35,36,37,38,39,40,41,42,44,45,46,51,52,53,54,55,56);;/q;2*+1/p-1. The molecule has 0 bridgehead atoms. The molecule has 0 fully saturated rings. The number of nitrogens with zero attached hydrogens (tertiary/aromatic N) is 6. The fourth-order valence-corrected chi connectivity index (χ4v) is 7.54. The summed E-state index contributed by atoms with van der Waals surface area (Å²) in [5.74, 6) is -2.33. The number of allylic oxidation sites excluding steroid dienone is 7. The first-order valence-corrected chi connectivity index (χ1v) is 20.4. The van der Waals surface area contributed by atoms with Crippen molar-refractivity contribution in [3.05, 3.63) is 119 Å². The molecule has 302 valence electrons. The summed E-state index contributed by atoms with van der Waals surface area (Å²) in [6, 6.07) is 10.7. The van der Waals surface area contributed by atoms with E-state index in [0.717, 1.165) is 60.7 Å². The van der Waals surface area contributed by atoms with Crippen LogP contribution in [0.3, 0.4) is 0 Å². The SMILES string of the molecule is Nc1c(NNc2ccc([N+](=O)[O-])cc2)c(S(=O)(=O)O)cc2cc([S+](=O)(O)O)c(N=Nc3ccc(S(=O)(=O)N=C4C=CC(=NN=C5C=CC(=O)C=C5[O-])C=C4)cc3)c([O-])c12.[Na+].[Na+]. The predicted octanol–water partition coefficient (Wildman–Crippen LogP) is -2.25. The van der Waals surface area contributed by atoms with Gasteiger partial charge in [-0.05, 0) is 94.6 Å². The zero-order valence-corrected chi connectivity index (χ0v) is 37.7. The number of ketones is 1. The number of nitro groups is 1. The maximum Gasteiger partial charge on any atom is 1.00 e. The number of hydrazine groups is 1. The molecule has 0 amide bonds. The molecule has 0 atom stereocenters. The molecule has 0 unspecified atom stereocenters. The van der Waals surface area contributed by atoms with Crippen LogP contribution in [0.25, 0.3) is 10.8 Å². The molecule has 0 saturated carbocycles. The van der Waals surface area contributed by atoms with Crippen LogP contribution in [0.5, 0.6) is 5.75 Å². The number of carbonyl (C=O) groups excluding carboxylic acids is 1. The average Bonchev–Trinajstić information content (AvgIpc) is 3.16. The van der Waals surface area contributed by atoms with Crippen molar-refractivity contribution >= 4 is 98.5 Å². The molecule has 27 heteroatoms. The molecule has 22 nitrogen and oxygen atoms in total. The first-order valence-electron chi connectivity index (χ1n) is 16.0. The number of nitro benzene ring substituents is 1. The van der Waals surface area contributed by atoms with Gasteiger partial charge in [0.15, 0.2) is 5.78 Å². The van der Waals surface area contributed by atoms with Crippen LogP contribution in [0.15, 0.2) is 148 Å². The maximum absolute atomic E-state index is 13.8. The van der Waals surface area contributed by atoms with Crippen molar-refractivity contribution in [1.82, 2.24) is 0 Å². The Kier molecular flexibility index (Phi) is 15.2. The number of azo groups is 1. The van der Waals surface area contributed by atoms with Gasteiger partial charge in [0.25, 0.3) is 30.7 Å². The minimum Gasteiger partial charge on any atom is -0.871 e. The van der Waals surface area contributed by atoms with Crippen LogP contribution in [-0.4, -0.2) is 58.3 Å². The molecule has 2 aliphatic rings. The van der Waals surface area contributed by atoms with Crippen molar-refractivity contribution in [3.63, 3.8) is 0 Å². The summed E-state index contributed by atoms with van der Waals surface area (Å²) in [5.41, 5.74) is 9.02. The van der Waals surface area contributed by atoms with Crippen molar-refractivity contribution in [3.8, 4) is 5.75 Å². The zero-order chi connectivity index (χ0) is 42.9. The number of anilines is 3. The molecule has 4 aromatic rings. The fourth-order valence-electron chi connectivity index (χ4n) is 5.19. The van der Waals surface area contributed by atoms with Crippen LogP contribution < -0.4 is 85.9 Å². The number of non-ortho nitro benzene ring substituents is 1. The quantitative estimate of drug-likeness (QED) is 0.0135. The first-order chi connectivity index (χ1) is 27.7. The van der Waals surface area contributed by atoms with E-state index in [1.54, 1.807) is 0 Å². The second-order valence-corrected chi connectivity index (χ2v) is 16.4. The van der Waals surface area contributed by atoms with E-state index in [2.05, 4.69) is 35.7 Å². The van der Waals surface area contributed by atoms with Gasteiger partial charge in [-0.15, -0.1) is 5.11 Å². The van der Waals surface area contributed by atoms with E-state index in [1.807, 2.05) is 0 Å². The molecule has 0 saturated heterocycles. The van der Waals surface area contributed by atoms with E-state index in [-0.39, 0.29) is 98.2 Å². The van der Waals surface area contributed by atoms with Crippen molar-refractivity contribution in [1.29, 1.82) is 0 Å². The van der Waals surface area contributed by atoms with Crippen molar-refractivity contribution in [2.24, 2.45) is 24.8 Å². The molecule has 0 aromatic heterocycles. The topological polar surface area (TPSA) is 364 Å². The van der Waals surface area contributed by atoms with Crippen LogP contribution in [0.4, 0.5) is 34.1 Å². The number of nitrogens with one attached hydrogen (secondary N) is 2. The Labute approximate surface area is 389 Å². The van der Waals surface area contributed by atoms with Crippen molar-refractivity contribution < 1.29 is 114 Å². The molecule has 6 rings (SSSR count). The molecule has 4 aromatic carbocycles. The monoisotopic (exact) mass is 908 g/mol. The summed E-state index contributed by atoms with van der Waals surface area (Å²) >= 11 is 0. The van der Waals surface area contributed by atoms with Gasteiger partial charge in [0.2, 0.25) is 0 Å². The van der Waals surface area contributed by atoms with Gasteiger partial charge in [0.1, 0.15) is 10.6 Å². The van der Waals surface area contributed by atoms with Crippen LogP contribution in [-0.2, 0) is 39.6 Å². The average molecular weight is 909 g/mol. The zero-order valence-electron chi connectivity index (χ0n) is 31.2. The summed E-state index contributed by atoms with van der Waals surface area (Å²) in [6.45, 7) is 0. The number of sulfonamides is 1. The Balaban J connectivity index is 0.00000410. The summed E-state index contributed by atoms with van der Waals surface area (Å²) in [7, 11) is -14.5. The third kappa shape index (κ3) is 11.4. The van der Waals surface area contributed by atoms with E-state index in [0.29, 0.717) is 0 Å². The number of rotatable bonds is 11. The van der Waals surface area contributed by atoms with E-state index in [9.17, 15) is 59.8 Å². The molecule has 0 spiro atoms. The first kappa shape index (κ1) is 48.4. The van der Waals surface area contributed by atoms with Gasteiger partial charge in [-0.3, -0.25) is 24.9 Å². The molecule has 0 heterocycles. The molecular formula is C34H24N9Na2O13S3+. The van der Waals surface area contributed by atoms with Crippen molar-refractivity contribution in [2.75, 3.05) is 16.6 Å². The maximum atomic E-state index is 13.8. The summed E-state index contributed by atoms with van der Waals surface area (Å²) < 4.78 is 97.2. The number of hydrogen-bond acceptors (Lipinski definition) is 17. The molecule has 7 N–H and O–H groups in total. The van der Waals surface area contributed by atoms with E-state index < -0.39 is 90.5 Å². The molecule has 61 heavy (non-hydrogen) atoms. The summed E-state index contributed by atoms with van der Waals surface area (Å²) in [4.78, 5) is 19.4. The van der Waals surface area contributed by atoms with E-state index in [1.165, 1.54) is 42.5 Å². The van der Waals surface area contributed by atoms with Crippen LogP contribution in [0, 0.1) is 10.1 Å². The summed E-state index contributed by atoms with van der Waals surface area (Å²) in [6.07, 6.45) is 8.63. The second-order valence-electron chi connectivity index (χ2n) is 11.9. The molecule has 0 radical (unpaired) electrons. The van der Waals surface area contributed by atoms with Gasteiger partial charge in [-0.25, -0.2) is 0 Å². The fraction of sp³-hybridized carbons (Fsp3) is 0. The second kappa shape index (κ2) is 19.2. The minimum atomic E-state index is -5.12. The third-order valence-electron chi connectivity index (χ3n) is 7.98. The number of fused-ring (bicyclic) bond motifs is 1. The Bertz CT molecular complexity index is 2980. The minimum absolute atomic E-state index is 0. The number of benzene rings is 4. The van der Waals surface area contributed by atoms with Crippen LogP contribution in [0.2, 0.25) is 0 Å². The Morgan fingerprint density at radius 1 is 0.803 bits per heavy atom. The van der Waals surface area contributed by atoms with Gasteiger partial charge in [-0.1, -0.05) is 11.5 Å². The normalized spacial score (nSPS) is 14.7.